The Kier molecular flexibility index (Phi) is 6.63. The number of hydrogen-bond acceptors (Lipinski definition) is 4. The Balaban J connectivity index is 2.03. The lowest BCUT2D eigenvalue weighted by Gasteiger charge is -2.14. The van der Waals surface area contributed by atoms with E-state index >= 15 is 0 Å². The maximum absolute atomic E-state index is 12.5. The number of carbonyl (C=O) groups excluding carboxylic acids is 1. The molecule has 1 N–H and O–H groups in total. The summed E-state index contributed by atoms with van der Waals surface area (Å²) >= 11 is 0. The first-order valence-electron chi connectivity index (χ1n) is 8.01. The van der Waals surface area contributed by atoms with Crippen LogP contribution in [0.15, 0.2) is 48.5 Å². The molecule has 0 saturated carbocycles. The van der Waals surface area contributed by atoms with Crippen LogP contribution in [0.5, 0.6) is 11.5 Å². The third kappa shape index (κ3) is 5.28. The maximum Gasteiger partial charge on any atom is 0.259 e. The summed E-state index contributed by atoms with van der Waals surface area (Å²) < 4.78 is 11.1. The fourth-order valence-corrected chi connectivity index (χ4v) is 2.12. The zero-order chi connectivity index (χ0) is 17.4. The van der Waals surface area contributed by atoms with E-state index in [1.54, 1.807) is 6.07 Å². The second-order valence-electron chi connectivity index (χ2n) is 5.56. The number of ether oxygens (including phenoxy) is 2. The van der Waals surface area contributed by atoms with Gasteiger partial charge in [-0.05, 0) is 57.4 Å². The minimum atomic E-state index is -0.195. The number of nitrogens with one attached hydrogen (secondary N) is 1. The van der Waals surface area contributed by atoms with E-state index in [0.717, 1.165) is 12.3 Å². The van der Waals surface area contributed by atoms with E-state index in [0.29, 0.717) is 30.2 Å². The number of likely N-dealkylation sites (N-methyl/N-ethyl adjacent to an activating group) is 1. The Morgan fingerprint density at radius 2 is 1.75 bits per heavy atom. The summed E-state index contributed by atoms with van der Waals surface area (Å²) in [5.74, 6) is 1.17. The van der Waals surface area contributed by atoms with Crippen molar-refractivity contribution < 1.29 is 14.3 Å². The molecule has 0 bridgehead atoms. The monoisotopic (exact) mass is 328 g/mol. The van der Waals surface area contributed by atoms with Crippen LogP contribution in [-0.2, 0) is 0 Å². The van der Waals surface area contributed by atoms with E-state index in [-0.39, 0.29) is 5.91 Å². The van der Waals surface area contributed by atoms with Crippen molar-refractivity contribution in [1.29, 1.82) is 0 Å². The summed E-state index contributed by atoms with van der Waals surface area (Å²) in [5, 5.41) is 2.88. The van der Waals surface area contributed by atoms with E-state index in [4.69, 9.17) is 9.47 Å². The van der Waals surface area contributed by atoms with Crippen molar-refractivity contribution >= 4 is 11.6 Å². The fraction of sp³-hybridized carbons (Fsp3) is 0.316. The first-order valence-corrected chi connectivity index (χ1v) is 8.01. The first-order chi connectivity index (χ1) is 11.6. The minimum absolute atomic E-state index is 0.195. The lowest BCUT2D eigenvalue weighted by molar-refractivity contribution is 0.102. The molecule has 0 aliphatic carbocycles. The highest BCUT2D eigenvalue weighted by Crippen LogP contribution is 2.21. The van der Waals surface area contributed by atoms with Crippen LogP contribution in [0.4, 0.5) is 5.69 Å². The molecule has 128 valence electrons. The Morgan fingerprint density at radius 1 is 1.04 bits per heavy atom. The molecule has 0 heterocycles. The van der Waals surface area contributed by atoms with Gasteiger partial charge in [0.25, 0.3) is 5.91 Å². The van der Waals surface area contributed by atoms with Crippen molar-refractivity contribution in [2.75, 3.05) is 39.2 Å². The van der Waals surface area contributed by atoms with Gasteiger partial charge >= 0.3 is 0 Å². The second kappa shape index (κ2) is 8.93. The van der Waals surface area contributed by atoms with Gasteiger partial charge in [0, 0.05) is 12.2 Å². The molecular formula is C19H24N2O3. The average molecular weight is 328 g/mol. The molecule has 0 radical (unpaired) electrons. The molecule has 0 aliphatic heterocycles. The number of hydrogen-bond donors (Lipinski definition) is 1. The third-order valence-corrected chi connectivity index (χ3v) is 3.35. The first kappa shape index (κ1) is 17.8. The highest BCUT2D eigenvalue weighted by Gasteiger charge is 2.12. The van der Waals surface area contributed by atoms with Crippen molar-refractivity contribution in [2.24, 2.45) is 0 Å². The summed E-state index contributed by atoms with van der Waals surface area (Å²) in [6.07, 6.45) is 0. The van der Waals surface area contributed by atoms with E-state index < -0.39 is 0 Å². The lowest BCUT2D eigenvalue weighted by atomic mass is 10.2. The Labute approximate surface area is 143 Å². The average Bonchev–Trinajstić information content (AvgIpc) is 2.57. The molecule has 5 heteroatoms. The zero-order valence-corrected chi connectivity index (χ0v) is 14.4. The fourth-order valence-electron chi connectivity index (χ4n) is 2.12. The van der Waals surface area contributed by atoms with Crippen LogP contribution in [0.3, 0.4) is 0 Å². The maximum atomic E-state index is 12.5. The zero-order valence-electron chi connectivity index (χ0n) is 14.4. The van der Waals surface area contributed by atoms with Crippen molar-refractivity contribution in [3.05, 3.63) is 54.1 Å². The number of amides is 1. The molecule has 1 amide bonds. The highest BCUT2D eigenvalue weighted by molar-refractivity contribution is 6.06. The molecule has 24 heavy (non-hydrogen) atoms. The number of anilines is 1. The SMILES string of the molecule is CCOc1ccc(NC(=O)c2ccccc2OCCN(C)C)cc1. The molecule has 0 atom stereocenters. The minimum Gasteiger partial charge on any atom is -0.494 e. The lowest BCUT2D eigenvalue weighted by Crippen LogP contribution is -2.20. The smallest absolute Gasteiger partial charge is 0.259 e. The molecule has 0 spiro atoms. The van der Waals surface area contributed by atoms with Crippen LogP contribution >= 0.6 is 0 Å². The van der Waals surface area contributed by atoms with E-state index in [9.17, 15) is 4.79 Å². The molecule has 2 aromatic rings. The number of rotatable bonds is 8. The topological polar surface area (TPSA) is 50.8 Å². The molecule has 0 saturated heterocycles. The van der Waals surface area contributed by atoms with Crippen molar-refractivity contribution in [1.82, 2.24) is 4.90 Å². The second-order valence-corrected chi connectivity index (χ2v) is 5.56. The van der Waals surface area contributed by atoms with E-state index in [2.05, 4.69) is 5.32 Å². The van der Waals surface area contributed by atoms with Gasteiger partial charge in [0.1, 0.15) is 18.1 Å². The molecule has 2 aromatic carbocycles. The van der Waals surface area contributed by atoms with Gasteiger partial charge < -0.3 is 19.7 Å². The summed E-state index contributed by atoms with van der Waals surface area (Å²) in [5.41, 5.74) is 1.23. The van der Waals surface area contributed by atoms with Crippen LogP contribution < -0.4 is 14.8 Å². The van der Waals surface area contributed by atoms with Gasteiger partial charge in [-0.25, -0.2) is 0 Å². The Bertz CT molecular complexity index is 654. The van der Waals surface area contributed by atoms with Crippen LogP contribution in [0.2, 0.25) is 0 Å². The van der Waals surface area contributed by atoms with Gasteiger partial charge in [0.05, 0.1) is 12.2 Å². The summed E-state index contributed by atoms with van der Waals surface area (Å²) in [4.78, 5) is 14.5. The van der Waals surface area contributed by atoms with Gasteiger partial charge in [-0.15, -0.1) is 0 Å². The predicted molar refractivity (Wildman–Crippen MR) is 96.1 cm³/mol. The molecule has 5 nitrogen and oxygen atoms in total. The molecule has 0 aromatic heterocycles. The van der Waals surface area contributed by atoms with Gasteiger partial charge in [-0.2, -0.15) is 0 Å². The summed E-state index contributed by atoms with van der Waals surface area (Å²) in [6.45, 7) is 3.86. The standard InChI is InChI=1S/C19H24N2O3/c1-4-23-16-11-9-15(10-12-16)20-19(22)17-7-5-6-8-18(17)24-14-13-21(2)3/h5-12H,4,13-14H2,1-3H3,(H,20,22). The highest BCUT2D eigenvalue weighted by atomic mass is 16.5. The number of benzene rings is 2. The van der Waals surface area contributed by atoms with Crippen LogP contribution in [-0.4, -0.2) is 44.7 Å². The van der Waals surface area contributed by atoms with Crippen LogP contribution in [0, 0.1) is 0 Å². The predicted octanol–water partition coefficient (Wildman–Crippen LogP) is 3.28. The summed E-state index contributed by atoms with van der Waals surface area (Å²) in [7, 11) is 3.96. The normalized spacial score (nSPS) is 10.5. The third-order valence-electron chi connectivity index (χ3n) is 3.35. The Hall–Kier alpha value is -2.53. The summed E-state index contributed by atoms with van der Waals surface area (Å²) in [6, 6.07) is 14.6. The van der Waals surface area contributed by atoms with Crippen molar-refractivity contribution in [3.63, 3.8) is 0 Å². The van der Waals surface area contributed by atoms with Crippen LogP contribution in [0.25, 0.3) is 0 Å². The molecular weight excluding hydrogens is 304 g/mol. The van der Waals surface area contributed by atoms with E-state index in [1.165, 1.54) is 0 Å². The molecule has 0 fully saturated rings. The van der Waals surface area contributed by atoms with Gasteiger partial charge in [0.2, 0.25) is 0 Å². The van der Waals surface area contributed by atoms with Crippen molar-refractivity contribution in [2.45, 2.75) is 6.92 Å². The number of nitrogens with zero attached hydrogens (tertiary/aromatic N) is 1. The number of carbonyl (C=O) groups is 1. The van der Waals surface area contributed by atoms with E-state index in [1.807, 2.05) is 68.4 Å². The molecule has 0 unspecified atom stereocenters. The molecule has 2 rings (SSSR count). The van der Waals surface area contributed by atoms with Gasteiger partial charge in [0.15, 0.2) is 0 Å². The number of para-hydroxylation sites is 1. The molecule has 0 aliphatic rings. The van der Waals surface area contributed by atoms with Crippen molar-refractivity contribution in [3.8, 4) is 11.5 Å². The largest absolute Gasteiger partial charge is 0.494 e. The van der Waals surface area contributed by atoms with Crippen LogP contribution in [0.1, 0.15) is 17.3 Å². The van der Waals surface area contributed by atoms with Gasteiger partial charge in [-0.3, -0.25) is 4.79 Å². The quantitative estimate of drug-likeness (QED) is 0.808. The Morgan fingerprint density at radius 3 is 2.42 bits per heavy atom. The van der Waals surface area contributed by atoms with Gasteiger partial charge in [-0.1, -0.05) is 12.1 Å².